The average Bonchev–Trinajstić information content (AvgIpc) is 2.75. The van der Waals surface area contributed by atoms with Gasteiger partial charge in [0.05, 0.1) is 8.81 Å². The highest BCUT2D eigenvalue weighted by molar-refractivity contribution is 9.10. The van der Waals surface area contributed by atoms with Crippen molar-refractivity contribution < 1.29 is 4.74 Å². The molecule has 0 radical (unpaired) electrons. The van der Waals surface area contributed by atoms with Gasteiger partial charge < -0.3 is 10.1 Å². The number of rotatable bonds is 5. The molecule has 2 nitrogen and oxygen atoms in total. The smallest absolute Gasteiger partial charge is 0.138 e. The maximum atomic E-state index is 5.90. The molecule has 5 heteroatoms. The predicted molar refractivity (Wildman–Crippen MR) is 80.6 cm³/mol. The summed E-state index contributed by atoms with van der Waals surface area (Å²) in [6.07, 6.45) is 0. The average molecular weight is 347 g/mol. The Hall–Kier alpha value is -0.550. The largest absolute Gasteiger partial charge is 0.487 e. The van der Waals surface area contributed by atoms with Crippen molar-refractivity contribution in [1.82, 2.24) is 5.32 Å². The summed E-state index contributed by atoms with van der Waals surface area (Å²) < 4.78 is 7.64. The van der Waals surface area contributed by atoms with Crippen LogP contribution in [0, 0.1) is 0 Å². The van der Waals surface area contributed by atoms with Gasteiger partial charge in [-0.15, -0.1) is 11.3 Å². The molecule has 0 saturated carbocycles. The van der Waals surface area contributed by atoms with Gasteiger partial charge in [-0.25, -0.2) is 0 Å². The highest BCUT2D eigenvalue weighted by Crippen LogP contribution is 2.31. The van der Waals surface area contributed by atoms with E-state index in [2.05, 4.69) is 27.3 Å². The Morgan fingerprint density at radius 1 is 1.33 bits per heavy atom. The summed E-state index contributed by atoms with van der Waals surface area (Å²) in [6, 6.07) is 9.92. The van der Waals surface area contributed by atoms with Crippen LogP contribution in [0.4, 0.5) is 0 Å². The van der Waals surface area contributed by atoms with Crippen LogP contribution in [0.25, 0.3) is 0 Å². The molecule has 1 aromatic heterocycles. The van der Waals surface area contributed by atoms with E-state index in [1.807, 2.05) is 31.3 Å². The second-order valence-corrected chi connectivity index (χ2v) is 6.41. The quantitative estimate of drug-likeness (QED) is 0.863. The molecule has 0 atom stereocenters. The highest BCUT2D eigenvalue weighted by atomic mass is 79.9. The molecule has 1 N–H and O–H groups in total. The van der Waals surface area contributed by atoms with Crippen LogP contribution in [0.3, 0.4) is 0 Å². The predicted octanol–water partition coefficient (Wildman–Crippen LogP) is 4.46. The van der Waals surface area contributed by atoms with Gasteiger partial charge in [0, 0.05) is 17.0 Å². The fourth-order valence-electron chi connectivity index (χ4n) is 1.62. The molecule has 0 saturated heterocycles. The van der Waals surface area contributed by atoms with Crippen LogP contribution < -0.4 is 10.1 Å². The monoisotopic (exact) mass is 345 g/mol. The third kappa shape index (κ3) is 3.48. The second kappa shape index (κ2) is 6.57. The second-order valence-electron chi connectivity index (χ2n) is 3.75. The third-order valence-electron chi connectivity index (χ3n) is 2.40. The molecule has 0 fully saturated rings. The Morgan fingerprint density at radius 3 is 2.83 bits per heavy atom. The normalized spacial score (nSPS) is 10.6. The lowest BCUT2D eigenvalue weighted by Gasteiger charge is -2.12. The number of para-hydroxylation sites is 1. The molecular formula is C13H13BrClNOS. The van der Waals surface area contributed by atoms with E-state index < -0.39 is 0 Å². The van der Waals surface area contributed by atoms with Gasteiger partial charge in [-0.2, -0.15) is 0 Å². The van der Waals surface area contributed by atoms with Crippen molar-refractivity contribution >= 4 is 38.9 Å². The van der Waals surface area contributed by atoms with Gasteiger partial charge in [-0.05, 0) is 41.2 Å². The van der Waals surface area contributed by atoms with E-state index in [-0.39, 0.29) is 0 Å². The van der Waals surface area contributed by atoms with Crippen LogP contribution in [0.5, 0.6) is 5.75 Å². The molecule has 0 bridgehead atoms. The number of benzene rings is 1. The fraction of sp³-hybridized carbons (Fsp3) is 0.231. The molecule has 18 heavy (non-hydrogen) atoms. The number of hydrogen-bond donors (Lipinski definition) is 1. The summed E-state index contributed by atoms with van der Waals surface area (Å²) in [4.78, 5) is 1.12. The Labute approximate surface area is 124 Å². The Kier molecular flexibility index (Phi) is 5.06. The molecule has 96 valence electrons. The molecule has 2 rings (SSSR count). The van der Waals surface area contributed by atoms with E-state index in [9.17, 15) is 0 Å². The molecule has 0 aliphatic carbocycles. The van der Waals surface area contributed by atoms with Crippen LogP contribution in [-0.2, 0) is 13.2 Å². The Morgan fingerprint density at radius 2 is 2.17 bits per heavy atom. The minimum Gasteiger partial charge on any atom is -0.487 e. The summed E-state index contributed by atoms with van der Waals surface area (Å²) in [6.45, 7) is 1.32. The minimum absolute atomic E-state index is 0.538. The van der Waals surface area contributed by atoms with Gasteiger partial charge in [0.25, 0.3) is 0 Å². The molecule has 2 aromatic rings. The van der Waals surface area contributed by atoms with E-state index in [4.69, 9.17) is 16.3 Å². The Balaban J connectivity index is 2.12. The van der Waals surface area contributed by atoms with Crippen LogP contribution in [-0.4, -0.2) is 7.05 Å². The molecule has 1 heterocycles. The lowest BCUT2D eigenvalue weighted by molar-refractivity contribution is 0.304. The van der Waals surface area contributed by atoms with Crippen molar-refractivity contribution in [2.45, 2.75) is 13.2 Å². The molecule has 0 unspecified atom stereocenters. The van der Waals surface area contributed by atoms with E-state index in [1.54, 1.807) is 11.3 Å². The lowest BCUT2D eigenvalue weighted by Crippen LogP contribution is -2.07. The first-order valence-electron chi connectivity index (χ1n) is 5.49. The van der Waals surface area contributed by atoms with Crippen molar-refractivity contribution in [2.24, 2.45) is 0 Å². The standard InChI is InChI=1S/C13H13BrClNOS/c1-16-7-9-3-2-4-11(14)13(9)17-8-10-5-6-12(15)18-10/h2-6,16H,7-8H2,1H3. The Bertz CT molecular complexity index is 529. The fourth-order valence-corrected chi connectivity index (χ4v) is 3.14. The van der Waals surface area contributed by atoms with Crippen LogP contribution >= 0.6 is 38.9 Å². The maximum Gasteiger partial charge on any atom is 0.138 e. The number of halogens is 2. The summed E-state index contributed by atoms with van der Waals surface area (Å²) in [5.41, 5.74) is 1.13. The van der Waals surface area contributed by atoms with Gasteiger partial charge in [0.2, 0.25) is 0 Å². The molecule has 1 aromatic carbocycles. The van der Waals surface area contributed by atoms with E-state index in [1.165, 1.54) is 0 Å². The van der Waals surface area contributed by atoms with Gasteiger partial charge in [-0.3, -0.25) is 0 Å². The highest BCUT2D eigenvalue weighted by Gasteiger charge is 2.08. The van der Waals surface area contributed by atoms with Crippen LogP contribution in [0.2, 0.25) is 4.34 Å². The van der Waals surface area contributed by atoms with Crippen molar-refractivity contribution in [3.05, 3.63) is 49.6 Å². The van der Waals surface area contributed by atoms with Crippen molar-refractivity contribution in [3.8, 4) is 5.75 Å². The molecule has 0 aliphatic rings. The summed E-state index contributed by atoms with van der Waals surface area (Å²) in [7, 11) is 1.92. The number of hydrogen-bond acceptors (Lipinski definition) is 3. The first kappa shape index (κ1) is 13.9. The van der Waals surface area contributed by atoms with Gasteiger partial charge in [-0.1, -0.05) is 23.7 Å². The molecule has 0 spiro atoms. The van der Waals surface area contributed by atoms with E-state index >= 15 is 0 Å². The zero-order valence-electron chi connectivity index (χ0n) is 9.87. The number of ether oxygens (including phenoxy) is 1. The first-order valence-corrected chi connectivity index (χ1v) is 7.48. The van der Waals surface area contributed by atoms with Crippen molar-refractivity contribution in [2.75, 3.05) is 7.05 Å². The third-order valence-corrected chi connectivity index (χ3v) is 4.23. The van der Waals surface area contributed by atoms with Gasteiger partial charge in [0.1, 0.15) is 12.4 Å². The van der Waals surface area contributed by atoms with Gasteiger partial charge >= 0.3 is 0 Å². The molecule has 0 amide bonds. The topological polar surface area (TPSA) is 21.3 Å². The van der Waals surface area contributed by atoms with Gasteiger partial charge in [0.15, 0.2) is 0 Å². The summed E-state index contributed by atoms with van der Waals surface area (Å²) in [5.74, 6) is 0.886. The summed E-state index contributed by atoms with van der Waals surface area (Å²) in [5, 5.41) is 3.13. The number of nitrogens with one attached hydrogen (secondary N) is 1. The zero-order chi connectivity index (χ0) is 13.0. The molecular weight excluding hydrogens is 334 g/mol. The first-order chi connectivity index (χ1) is 8.70. The minimum atomic E-state index is 0.538. The van der Waals surface area contributed by atoms with Crippen LogP contribution in [0.15, 0.2) is 34.8 Å². The SMILES string of the molecule is CNCc1cccc(Br)c1OCc1ccc(Cl)s1. The summed E-state index contributed by atoms with van der Waals surface area (Å²) >= 11 is 11.0. The lowest BCUT2D eigenvalue weighted by atomic mass is 10.2. The van der Waals surface area contributed by atoms with Crippen LogP contribution in [0.1, 0.15) is 10.4 Å². The molecule has 0 aliphatic heterocycles. The number of thiophene rings is 1. The van der Waals surface area contributed by atoms with E-state index in [0.717, 1.165) is 31.5 Å². The zero-order valence-corrected chi connectivity index (χ0v) is 13.0. The maximum absolute atomic E-state index is 5.90. The van der Waals surface area contributed by atoms with Crippen molar-refractivity contribution in [3.63, 3.8) is 0 Å². The van der Waals surface area contributed by atoms with Crippen molar-refractivity contribution in [1.29, 1.82) is 0 Å². The van der Waals surface area contributed by atoms with E-state index in [0.29, 0.717) is 6.61 Å².